The van der Waals surface area contributed by atoms with E-state index < -0.39 is 29.9 Å². The van der Waals surface area contributed by atoms with Crippen molar-refractivity contribution in [3.63, 3.8) is 0 Å². The molecule has 1 aromatic rings. The number of rotatable bonds is 5. The topological polar surface area (TPSA) is 151 Å². The number of nitrogens with zero attached hydrogens (tertiary/aromatic N) is 1. The van der Waals surface area contributed by atoms with Gasteiger partial charge in [-0.25, -0.2) is 0 Å². The van der Waals surface area contributed by atoms with Crippen molar-refractivity contribution >= 4 is 23.7 Å². The van der Waals surface area contributed by atoms with E-state index in [0.717, 1.165) is 5.56 Å². The molecular weight excluding hydrogens is 488 g/mol. The number of benzene rings is 1. The van der Waals surface area contributed by atoms with E-state index in [-0.39, 0.29) is 29.7 Å². The quantitative estimate of drug-likeness (QED) is 0.418. The first kappa shape index (κ1) is 27.8. The summed E-state index contributed by atoms with van der Waals surface area (Å²) in [4.78, 5) is 52.7. The molecule has 0 aromatic heterocycles. The molecule has 3 aliphatic rings. The fourth-order valence-electron chi connectivity index (χ4n) is 5.69. The van der Waals surface area contributed by atoms with Gasteiger partial charge >= 0.3 is 5.97 Å². The summed E-state index contributed by atoms with van der Waals surface area (Å²) in [6.07, 6.45) is 6.85. The highest BCUT2D eigenvalue weighted by atomic mass is 16.5. The molecule has 0 radical (unpaired) electrons. The van der Waals surface area contributed by atoms with E-state index in [4.69, 9.17) is 15.6 Å². The molecule has 2 saturated heterocycles. The number of amides is 3. The van der Waals surface area contributed by atoms with E-state index in [2.05, 4.69) is 10.6 Å². The van der Waals surface area contributed by atoms with Crippen LogP contribution in [-0.2, 0) is 30.3 Å². The Morgan fingerprint density at radius 2 is 1.87 bits per heavy atom. The molecule has 1 aromatic carbocycles. The summed E-state index contributed by atoms with van der Waals surface area (Å²) in [5, 5.41) is 15.3. The fraction of sp³-hybridized carbons (Fsp3) is 0.571. The number of nitrogens with two attached hydrogens (primary N) is 1. The third-order valence-electron chi connectivity index (χ3n) is 8.04. The third-order valence-corrected chi connectivity index (χ3v) is 8.04. The van der Waals surface area contributed by atoms with Crippen LogP contribution in [0.4, 0.5) is 0 Å². The van der Waals surface area contributed by atoms with Crippen molar-refractivity contribution in [1.29, 1.82) is 0 Å². The van der Waals surface area contributed by atoms with E-state index in [0.29, 0.717) is 64.8 Å². The lowest BCUT2D eigenvalue weighted by Crippen LogP contribution is -2.59. The summed E-state index contributed by atoms with van der Waals surface area (Å²) < 4.78 is 5.54. The summed E-state index contributed by atoms with van der Waals surface area (Å²) in [7, 11) is 0. The first-order valence-corrected chi connectivity index (χ1v) is 13.4. The van der Waals surface area contributed by atoms with Crippen LogP contribution in [0.25, 0.3) is 0 Å². The minimum absolute atomic E-state index is 0.0666. The molecule has 0 unspecified atom stereocenters. The molecule has 10 nitrogen and oxygen atoms in total. The third kappa shape index (κ3) is 6.79. The molecule has 4 rings (SSSR count). The average Bonchev–Trinajstić information content (AvgIpc) is 2.91. The van der Waals surface area contributed by atoms with Gasteiger partial charge < -0.3 is 31.1 Å². The molecule has 206 valence electrons. The zero-order chi connectivity index (χ0) is 27.1. The lowest BCUT2D eigenvalue weighted by Gasteiger charge is -2.41. The molecule has 0 bridgehead atoms. The normalized spacial score (nSPS) is 27.6. The average molecular weight is 527 g/mol. The molecule has 3 heterocycles. The number of carboxylic acid groups (broad SMARTS) is 1. The number of aliphatic carboxylic acids is 1. The standard InChI is InChI=1S/C28H38N4O6/c29-21(17-24(33)34)26(36)32-13-9-22-20(18-32)8-4-5-10-28(11-14-38-15-12-28)27(37)31-23(25(35)30-22)16-19-6-2-1-3-7-19/h1-7,20-23H,8-18,29H2,(H,30,35)(H,31,37)(H,33,34)/b5-4+/t20-,21+,22+,23-/m1/s1. The lowest BCUT2D eigenvalue weighted by atomic mass is 9.75. The molecule has 1 spiro atoms. The van der Waals surface area contributed by atoms with E-state index in [1.165, 1.54) is 0 Å². The highest BCUT2D eigenvalue weighted by molar-refractivity contribution is 5.91. The van der Waals surface area contributed by atoms with Gasteiger partial charge in [0.2, 0.25) is 17.7 Å². The van der Waals surface area contributed by atoms with Crippen molar-refractivity contribution < 1.29 is 29.0 Å². The summed E-state index contributed by atoms with van der Waals surface area (Å²) in [5.74, 6) is -1.93. The van der Waals surface area contributed by atoms with Crippen molar-refractivity contribution in [2.24, 2.45) is 17.1 Å². The molecule has 3 amide bonds. The first-order valence-electron chi connectivity index (χ1n) is 13.4. The van der Waals surface area contributed by atoms with E-state index in [1.54, 1.807) is 4.90 Å². The van der Waals surface area contributed by atoms with Gasteiger partial charge in [-0.3, -0.25) is 19.2 Å². The second-order valence-electron chi connectivity index (χ2n) is 10.7. The second-order valence-corrected chi connectivity index (χ2v) is 10.7. The van der Waals surface area contributed by atoms with Gasteiger partial charge in [-0.1, -0.05) is 42.5 Å². The SMILES string of the molecule is N[C@@H](CC(=O)O)C(=O)N1CC[C@@H]2NC(=O)[C@@H](Cc3ccccc3)NC(=O)C3(C/C=C/C[C@@H]2C1)CCOCC3. The highest BCUT2D eigenvalue weighted by Gasteiger charge is 2.42. The van der Waals surface area contributed by atoms with Crippen molar-refractivity contribution in [2.45, 2.75) is 63.1 Å². The maximum atomic E-state index is 13.6. The van der Waals surface area contributed by atoms with Crippen LogP contribution in [0.1, 0.15) is 44.1 Å². The van der Waals surface area contributed by atoms with Crippen LogP contribution >= 0.6 is 0 Å². The summed E-state index contributed by atoms with van der Waals surface area (Å²) in [6, 6.07) is 7.58. The Hall–Kier alpha value is -3.24. The van der Waals surface area contributed by atoms with E-state index in [1.807, 2.05) is 42.5 Å². The second kappa shape index (κ2) is 12.5. The molecule has 4 atom stereocenters. The van der Waals surface area contributed by atoms with Gasteiger partial charge in [-0.15, -0.1) is 0 Å². The van der Waals surface area contributed by atoms with E-state index in [9.17, 15) is 19.2 Å². The monoisotopic (exact) mass is 526 g/mol. The number of piperidine rings is 1. The van der Waals surface area contributed by atoms with Gasteiger partial charge in [0.15, 0.2) is 0 Å². The van der Waals surface area contributed by atoms with Crippen molar-refractivity contribution in [2.75, 3.05) is 26.3 Å². The molecule has 2 fully saturated rings. The summed E-state index contributed by atoms with van der Waals surface area (Å²) in [6.45, 7) is 1.73. The van der Waals surface area contributed by atoms with Crippen molar-refractivity contribution in [1.82, 2.24) is 15.5 Å². The van der Waals surface area contributed by atoms with E-state index >= 15 is 0 Å². The number of likely N-dealkylation sites (tertiary alicyclic amines) is 1. The maximum Gasteiger partial charge on any atom is 0.305 e. The molecular formula is C28H38N4O6. The summed E-state index contributed by atoms with van der Waals surface area (Å²) >= 11 is 0. The highest BCUT2D eigenvalue weighted by Crippen LogP contribution is 2.36. The zero-order valence-electron chi connectivity index (χ0n) is 21.6. The van der Waals surface area contributed by atoms with Crippen LogP contribution in [0.2, 0.25) is 0 Å². The molecule has 10 heteroatoms. The van der Waals surface area contributed by atoms with Gasteiger partial charge in [0, 0.05) is 44.7 Å². The van der Waals surface area contributed by atoms with Crippen molar-refractivity contribution in [3.05, 3.63) is 48.0 Å². The zero-order valence-corrected chi connectivity index (χ0v) is 21.6. The van der Waals surface area contributed by atoms with Crippen molar-refractivity contribution in [3.8, 4) is 0 Å². The largest absolute Gasteiger partial charge is 0.481 e. The number of carboxylic acids is 1. The van der Waals surface area contributed by atoms with Crippen LogP contribution in [0.3, 0.4) is 0 Å². The Labute approximate surface area is 223 Å². The number of carbonyl (C=O) groups excluding carboxylic acids is 3. The number of hydrogen-bond donors (Lipinski definition) is 4. The smallest absolute Gasteiger partial charge is 0.305 e. The van der Waals surface area contributed by atoms with Gasteiger partial charge in [0.25, 0.3) is 0 Å². The van der Waals surface area contributed by atoms with Gasteiger partial charge in [-0.2, -0.15) is 0 Å². The number of hydrogen-bond acceptors (Lipinski definition) is 6. The lowest BCUT2D eigenvalue weighted by molar-refractivity contribution is -0.143. The number of allylic oxidation sites excluding steroid dienone is 2. The predicted octanol–water partition coefficient (Wildman–Crippen LogP) is 0.996. The first-order chi connectivity index (χ1) is 18.3. The van der Waals surface area contributed by atoms with Crippen LogP contribution in [0, 0.1) is 11.3 Å². The van der Waals surface area contributed by atoms with Crippen LogP contribution < -0.4 is 16.4 Å². The number of carbonyl (C=O) groups is 4. The Morgan fingerprint density at radius 1 is 1.13 bits per heavy atom. The van der Waals surface area contributed by atoms with Gasteiger partial charge in [0.05, 0.1) is 17.9 Å². The number of fused-ring (bicyclic) bond motifs is 1. The Balaban J connectivity index is 1.57. The summed E-state index contributed by atoms with van der Waals surface area (Å²) in [5.41, 5.74) is 6.17. The van der Waals surface area contributed by atoms with Crippen LogP contribution in [0.15, 0.2) is 42.5 Å². The van der Waals surface area contributed by atoms with Crippen LogP contribution in [0.5, 0.6) is 0 Å². The Morgan fingerprint density at radius 3 is 2.58 bits per heavy atom. The molecule has 5 N–H and O–H groups in total. The molecule has 0 aliphatic carbocycles. The minimum Gasteiger partial charge on any atom is -0.481 e. The Bertz CT molecular complexity index is 1040. The molecule has 38 heavy (non-hydrogen) atoms. The number of nitrogens with one attached hydrogen (secondary N) is 2. The van der Waals surface area contributed by atoms with Gasteiger partial charge in [-0.05, 0) is 37.7 Å². The fourth-order valence-corrected chi connectivity index (χ4v) is 5.69. The Kier molecular flexibility index (Phi) is 9.17. The van der Waals surface area contributed by atoms with Crippen LogP contribution in [-0.4, -0.2) is 78.1 Å². The predicted molar refractivity (Wildman–Crippen MR) is 140 cm³/mol. The van der Waals surface area contributed by atoms with Gasteiger partial charge in [0.1, 0.15) is 6.04 Å². The molecule has 3 aliphatic heterocycles. The number of ether oxygens (including phenoxy) is 1. The maximum absolute atomic E-state index is 13.6. The minimum atomic E-state index is -1.12. The molecule has 0 saturated carbocycles.